The SMILES string of the molecule is O=C(CN1CCN(S(=O)(=O)c2cccc([N+](=O)[O-])c2)CC1)Nc1ccccc1-c1ccccc1. The molecule has 34 heavy (non-hydrogen) atoms. The van der Waals surface area contributed by atoms with Gasteiger partial charge in [-0.3, -0.25) is 19.8 Å². The third-order valence-electron chi connectivity index (χ3n) is 5.65. The van der Waals surface area contributed by atoms with E-state index in [-0.39, 0.29) is 36.1 Å². The average Bonchev–Trinajstić information content (AvgIpc) is 2.85. The smallest absolute Gasteiger partial charge is 0.270 e. The number of para-hydroxylation sites is 1. The molecular weight excluding hydrogens is 456 g/mol. The van der Waals surface area contributed by atoms with Gasteiger partial charge in [-0.1, -0.05) is 54.6 Å². The van der Waals surface area contributed by atoms with Crippen LogP contribution in [-0.4, -0.2) is 61.2 Å². The highest BCUT2D eigenvalue weighted by atomic mass is 32.2. The first-order valence-electron chi connectivity index (χ1n) is 10.8. The summed E-state index contributed by atoms with van der Waals surface area (Å²) in [5.74, 6) is -0.182. The minimum absolute atomic E-state index is 0.106. The lowest BCUT2D eigenvalue weighted by Crippen LogP contribution is -2.50. The number of rotatable bonds is 7. The number of nitrogens with zero attached hydrogens (tertiary/aromatic N) is 3. The van der Waals surface area contributed by atoms with Crippen molar-refractivity contribution in [2.75, 3.05) is 38.0 Å². The topological polar surface area (TPSA) is 113 Å². The van der Waals surface area contributed by atoms with Crippen LogP contribution >= 0.6 is 0 Å². The zero-order chi connectivity index (χ0) is 24.1. The van der Waals surface area contributed by atoms with Crippen molar-refractivity contribution in [1.29, 1.82) is 0 Å². The molecule has 1 aliphatic heterocycles. The highest BCUT2D eigenvalue weighted by Gasteiger charge is 2.30. The lowest BCUT2D eigenvalue weighted by molar-refractivity contribution is -0.385. The van der Waals surface area contributed by atoms with E-state index in [4.69, 9.17) is 0 Å². The molecule has 1 saturated heterocycles. The van der Waals surface area contributed by atoms with Gasteiger partial charge < -0.3 is 5.32 Å². The van der Waals surface area contributed by atoms with Crippen molar-refractivity contribution in [1.82, 2.24) is 9.21 Å². The van der Waals surface area contributed by atoms with Crippen molar-refractivity contribution in [3.8, 4) is 11.1 Å². The number of non-ortho nitro benzene ring substituents is 1. The molecule has 10 heteroatoms. The average molecular weight is 481 g/mol. The molecule has 0 radical (unpaired) electrons. The Morgan fingerprint density at radius 2 is 1.59 bits per heavy atom. The second kappa shape index (κ2) is 10.1. The number of hydrogen-bond acceptors (Lipinski definition) is 6. The molecule has 0 unspecified atom stereocenters. The number of nitro benzene ring substituents is 1. The third-order valence-corrected chi connectivity index (χ3v) is 7.55. The minimum Gasteiger partial charge on any atom is -0.324 e. The van der Waals surface area contributed by atoms with Crippen LogP contribution in [0.4, 0.5) is 11.4 Å². The molecule has 1 amide bonds. The van der Waals surface area contributed by atoms with Crippen LogP contribution in [-0.2, 0) is 14.8 Å². The maximum Gasteiger partial charge on any atom is 0.270 e. The number of sulfonamides is 1. The number of piperazine rings is 1. The first kappa shape index (κ1) is 23.6. The normalized spacial score (nSPS) is 15.1. The second-order valence-electron chi connectivity index (χ2n) is 7.89. The summed E-state index contributed by atoms with van der Waals surface area (Å²) in [7, 11) is -3.85. The van der Waals surface area contributed by atoms with E-state index in [0.717, 1.165) is 17.2 Å². The Morgan fingerprint density at radius 3 is 2.29 bits per heavy atom. The molecule has 0 atom stereocenters. The highest BCUT2D eigenvalue weighted by Crippen LogP contribution is 2.27. The van der Waals surface area contributed by atoms with Gasteiger partial charge in [0.15, 0.2) is 0 Å². The maximum atomic E-state index is 12.9. The summed E-state index contributed by atoms with van der Waals surface area (Å²) in [4.78, 5) is 24.9. The van der Waals surface area contributed by atoms with E-state index >= 15 is 0 Å². The molecule has 4 rings (SSSR count). The van der Waals surface area contributed by atoms with Crippen molar-refractivity contribution in [3.63, 3.8) is 0 Å². The fraction of sp³-hybridized carbons (Fsp3) is 0.208. The number of nitro groups is 1. The molecule has 1 fully saturated rings. The van der Waals surface area contributed by atoms with E-state index in [9.17, 15) is 23.3 Å². The fourth-order valence-electron chi connectivity index (χ4n) is 3.89. The number of amides is 1. The molecule has 1 N–H and O–H groups in total. The van der Waals surface area contributed by atoms with Gasteiger partial charge in [-0.15, -0.1) is 0 Å². The standard InChI is InChI=1S/C24H24N4O5S/c29-24(25-23-12-5-4-11-22(23)19-7-2-1-3-8-19)18-26-13-15-27(16-14-26)34(32,33)21-10-6-9-20(17-21)28(30)31/h1-12,17H,13-16,18H2,(H,25,29). The van der Waals surface area contributed by atoms with E-state index < -0.39 is 14.9 Å². The number of benzene rings is 3. The lowest BCUT2D eigenvalue weighted by Gasteiger charge is -2.33. The molecule has 1 aliphatic rings. The van der Waals surface area contributed by atoms with Crippen LogP contribution in [0.25, 0.3) is 11.1 Å². The third kappa shape index (κ3) is 5.30. The summed E-state index contributed by atoms with van der Waals surface area (Å²) in [6, 6.07) is 22.4. The van der Waals surface area contributed by atoms with Crippen LogP contribution in [0, 0.1) is 10.1 Å². The van der Waals surface area contributed by atoms with Crippen LogP contribution in [0.2, 0.25) is 0 Å². The molecule has 0 aliphatic carbocycles. The van der Waals surface area contributed by atoms with Crippen LogP contribution < -0.4 is 5.32 Å². The molecule has 0 aromatic heterocycles. The van der Waals surface area contributed by atoms with Gasteiger partial charge in [0.25, 0.3) is 5.69 Å². The van der Waals surface area contributed by atoms with Crippen molar-refractivity contribution in [3.05, 3.63) is 89.0 Å². The van der Waals surface area contributed by atoms with E-state index in [2.05, 4.69) is 5.32 Å². The number of carbonyl (C=O) groups is 1. The Hall–Kier alpha value is -3.60. The molecule has 0 bridgehead atoms. The molecule has 9 nitrogen and oxygen atoms in total. The molecule has 0 spiro atoms. The van der Waals surface area contributed by atoms with Crippen molar-refractivity contribution in [2.24, 2.45) is 0 Å². The molecule has 3 aromatic carbocycles. The summed E-state index contributed by atoms with van der Waals surface area (Å²) in [5.41, 5.74) is 2.36. The second-order valence-corrected chi connectivity index (χ2v) is 9.83. The van der Waals surface area contributed by atoms with E-state index in [1.165, 1.54) is 22.5 Å². The zero-order valence-electron chi connectivity index (χ0n) is 18.3. The number of anilines is 1. The Bertz CT molecular complexity index is 1290. The van der Waals surface area contributed by atoms with Crippen LogP contribution in [0.3, 0.4) is 0 Å². The van der Waals surface area contributed by atoms with E-state index in [1.807, 2.05) is 59.5 Å². The van der Waals surface area contributed by atoms with Gasteiger partial charge in [-0.25, -0.2) is 8.42 Å². The van der Waals surface area contributed by atoms with Crippen LogP contribution in [0.1, 0.15) is 0 Å². The highest BCUT2D eigenvalue weighted by molar-refractivity contribution is 7.89. The summed E-state index contributed by atoms with van der Waals surface area (Å²) < 4.78 is 27.1. The predicted octanol–water partition coefficient (Wildman–Crippen LogP) is 3.21. The molecule has 1 heterocycles. The van der Waals surface area contributed by atoms with E-state index in [0.29, 0.717) is 18.8 Å². The number of nitrogens with one attached hydrogen (secondary N) is 1. The van der Waals surface area contributed by atoms with Gasteiger partial charge in [-0.05, 0) is 17.7 Å². The monoisotopic (exact) mass is 480 g/mol. The van der Waals surface area contributed by atoms with Crippen molar-refractivity contribution >= 4 is 27.3 Å². The first-order chi connectivity index (χ1) is 16.3. The van der Waals surface area contributed by atoms with Crippen molar-refractivity contribution < 1.29 is 18.1 Å². The minimum atomic E-state index is -3.85. The molecule has 3 aromatic rings. The zero-order valence-corrected chi connectivity index (χ0v) is 19.1. The Kier molecular flexibility index (Phi) is 7.01. The van der Waals surface area contributed by atoms with Gasteiger partial charge in [0.05, 0.1) is 16.4 Å². The number of carbonyl (C=O) groups excluding carboxylic acids is 1. The fourth-order valence-corrected chi connectivity index (χ4v) is 5.35. The quantitative estimate of drug-likeness (QED) is 0.410. The largest absolute Gasteiger partial charge is 0.324 e. The Morgan fingerprint density at radius 1 is 0.912 bits per heavy atom. The lowest BCUT2D eigenvalue weighted by atomic mass is 10.0. The molecule has 0 saturated carbocycles. The maximum absolute atomic E-state index is 12.9. The molecular formula is C24H24N4O5S. The Labute approximate surface area is 197 Å². The molecule has 176 valence electrons. The van der Waals surface area contributed by atoms with Crippen LogP contribution in [0.5, 0.6) is 0 Å². The van der Waals surface area contributed by atoms with Gasteiger partial charge in [0, 0.05) is 49.6 Å². The number of hydrogen-bond donors (Lipinski definition) is 1. The first-order valence-corrected chi connectivity index (χ1v) is 12.2. The Balaban J connectivity index is 1.36. The summed E-state index contributed by atoms with van der Waals surface area (Å²) in [6.45, 7) is 1.27. The van der Waals surface area contributed by atoms with Gasteiger partial charge >= 0.3 is 0 Å². The van der Waals surface area contributed by atoms with Crippen molar-refractivity contribution in [2.45, 2.75) is 4.90 Å². The van der Waals surface area contributed by atoms with Crippen LogP contribution in [0.15, 0.2) is 83.8 Å². The van der Waals surface area contributed by atoms with Gasteiger partial charge in [0.2, 0.25) is 15.9 Å². The van der Waals surface area contributed by atoms with Gasteiger partial charge in [0.1, 0.15) is 0 Å². The van der Waals surface area contributed by atoms with E-state index in [1.54, 1.807) is 0 Å². The summed E-state index contributed by atoms with van der Waals surface area (Å²) >= 11 is 0. The van der Waals surface area contributed by atoms with Gasteiger partial charge in [-0.2, -0.15) is 4.31 Å². The summed E-state index contributed by atoms with van der Waals surface area (Å²) in [5, 5.41) is 14.0. The summed E-state index contributed by atoms with van der Waals surface area (Å²) in [6.07, 6.45) is 0. The predicted molar refractivity (Wildman–Crippen MR) is 129 cm³/mol.